The summed E-state index contributed by atoms with van der Waals surface area (Å²) >= 11 is 0. The molecular weight excluding hydrogens is 554 g/mol. The van der Waals surface area contributed by atoms with Gasteiger partial charge in [0, 0.05) is 12.5 Å². The van der Waals surface area contributed by atoms with Crippen molar-refractivity contribution in [2.24, 2.45) is 50.0 Å². The van der Waals surface area contributed by atoms with Gasteiger partial charge < -0.3 is 26.3 Å². The van der Waals surface area contributed by atoms with E-state index in [1.807, 2.05) is 0 Å². The fraction of sp³-hybridized carbons (Fsp3) is 0.963. The summed E-state index contributed by atoms with van der Waals surface area (Å²) in [4.78, 5) is 0. The molecule has 0 aromatic carbocycles. The van der Waals surface area contributed by atoms with Crippen LogP contribution in [0.25, 0.3) is 0 Å². The molecule has 0 aliphatic heterocycles. The summed E-state index contributed by atoms with van der Waals surface area (Å²) in [5, 5.41) is 49.6. The molecule has 5 saturated carbocycles. The normalized spacial score (nSPS) is 44.3. The SMILES string of the molecule is O=S(=O)([O-])C1CCC(N=NC2CC(CO)C(O)C(N=NC3CC[CH-]C4CCCCC43)C2O)C2CCCCC21.[Na+].[Na+]. The predicted molar refractivity (Wildman–Crippen MR) is 139 cm³/mol. The molecule has 0 heterocycles. The Bertz CT molecular complexity index is 973. The van der Waals surface area contributed by atoms with Gasteiger partial charge in [-0.3, -0.25) is 0 Å². The van der Waals surface area contributed by atoms with Crippen LogP contribution < -0.4 is 59.1 Å². The third kappa shape index (κ3) is 7.98. The molecular formula is C27H44N4Na2O6S. The number of fused-ring (bicyclic) bond motifs is 2. The van der Waals surface area contributed by atoms with E-state index < -0.39 is 45.6 Å². The number of hydrogen-bond acceptors (Lipinski definition) is 10. The molecule has 0 bridgehead atoms. The molecule has 5 aliphatic carbocycles. The van der Waals surface area contributed by atoms with E-state index in [9.17, 15) is 28.3 Å². The first kappa shape index (κ1) is 35.5. The van der Waals surface area contributed by atoms with Crippen LogP contribution in [0, 0.1) is 36.0 Å². The average Bonchev–Trinajstić information content (AvgIpc) is 2.92. The van der Waals surface area contributed by atoms with Gasteiger partial charge in [0.15, 0.2) is 0 Å². The zero-order chi connectivity index (χ0) is 26.9. The molecule has 5 rings (SSSR count). The Labute approximate surface area is 283 Å². The van der Waals surface area contributed by atoms with Crippen LogP contribution in [0.3, 0.4) is 0 Å². The smallest absolute Gasteiger partial charge is 0.748 e. The van der Waals surface area contributed by atoms with Gasteiger partial charge in [0.05, 0.1) is 39.6 Å². The van der Waals surface area contributed by atoms with Crippen molar-refractivity contribution in [3.63, 3.8) is 0 Å². The first-order valence-electron chi connectivity index (χ1n) is 14.8. The van der Waals surface area contributed by atoms with Gasteiger partial charge in [0.1, 0.15) is 12.1 Å². The van der Waals surface area contributed by atoms with Crippen LogP contribution in [0.2, 0.25) is 0 Å². The number of aliphatic hydroxyl groups is 3. The molecule has 12 unspecified atom stereocenters. The second-order valence-electron chi connectivity index (χ2n) is 12.5. The summed E-state index contributed by atoms with van der Waals surface area (Å²) in [6.45, 7) is -0.244. The van der Waals surface area contributed by atoms with Crippen molar-refractivity contribution in [3.8, 4) is 0 Å². The molecule has 216 valence electrons. The Morgan fingerprint density at radius 3 is 2.02 bits per heavy atom. The van der Waals surface area contributed by atoms with Crippen LogP contribution in [-0.2, 0) is 10.1 Å². The van der Waals surface area contributed by atoms with Crippen molar-refractivity contribution < 1.29 is 87.4 Å². The molecule has 3 N–H and O–H groups in total. The Kier molecular flexibility index (Phi) is 14.0. The molecule has 0 saturated heterocycles. The van der Waals surface area contributed by atoms with Crippen LogP contribution >= 0.6 is 0 Å². The molecule has 10 nitrogen and oxygen atoms in total. The zero-order valence-electron chi connectivity index (χ0n) is 24.2. The van der Waals surface area contributed by atoms with Crippen molar-refractivity contribution in [2.75, 3.05) is 6.61 Å². The average molecular weight is 599 g/mol. The quantitative estimate of drug-likeness (QED) is 0.131. The molecule has 5 aliphatic rings. The fourth-order valence-corrected chi connectivity index (χ4v) is 9.45. The standard InChI is InChI=1S/C27H45N4O6S.2Na/c32-15-17-14-23(30-28-22-12-13-24(38(35,36)37)20-10-4-3-9-19(20)22)27(34)25(26(17)33)31-29-21-11-5-7-16-6-1-2-8-18(16)21;;/h7,16-27,32-34H,1-6,8-15H2,(H,35,36,37);;/q-1;2*+1/p-1. The van der Waals surface area contributed by atoms with Crippen LogP contribution in [0.15, 0.2) is 20.5 Å². The Balaban J connectivity index is 0.00000220. The molecule has 0 aromatic heterocycles. The number of hydrogen-bond donors (Lipinski definition) is 3. The van der Waals surface area contributed by atoms with Crippen molar-refractivity contribution in [2.45, 2.75) is 125 Å². The number of rotatable bonds is 6. The predicted octanol–water partition coefficient (Wildman–Crippen LogP) is -2.57. The molecule has 12 atom stereocenters. The molecule has 40 heavy (non-hydrogen) atoms. The van der Waals surface area contributed by atoms with Gasteiger partial charge in [-0.05, 0) is 49.9 Å². The minimum Gasteiger partial charge on any atom is -0.748 e. The van der Waals surface area contributed by atoms with Gasteiger partial charge in [-0.25, -0.2) is 8.42 Å². The zero-order valence-corrected chi connectivity index (χ0v) is 29.0. The summed E-state index contributed by atoms with van der Waals surface area (Å²) in [5.74, 6) is 0.365. The minimum atomic E-state index is -4.35. The molecule has 0 amide bonds. The fourth-order valence-electron chi connectivity index (χ4n) is 8.26. The Morgan fingerprint density at radius 2 is 1.32 bits per heavy atom. The van der Waals surface area contributed by atoms with Gasteiger partial charge >= 0.3 is 59.1 Å². The number of nitrogens with zero attached hydrogens (tertiary/aromatic N) is 4. The molecule has 0 radical (unpaired) electrons. The van der Waals surface area contributed by atoms with Gasteiger partial charge in [-0.2, -0.15) is 32.8 Å². The number of aliphatic hydroxyl groups excluding tert-OH is 3. The van der Waals surface area contributed by atoms with Crippen LogP contribution in [0.5, 0.6) is 0 Å². The van der Waals surface area contributed by atoms with Crippen molar-refractivity contribution >= 4 is 10.1 Å². The summed E-state index contributed by atoms with van der Waals surface area (Å²) in [6, 6.07) is -1.60. The van der Waals surface area contributed by atoms with E-state index >= 15 is 0 Å². The van der Waals surface area contributed by atoms with Gasteiger partial charge in [0.25, 0.3) is 0 Å². The summed E-state index contributed by atoms with van der Waals surface area (Å²) in [5.41, 5.74) is 0. The number of azo groups is 2. The van der Waals surface area contributed by atoms with E-state index in [4.69, 9.17) is 0 Å². The van der Waals surface area contributed by atoms with E-state index in [0.29, 0.717) is 24.7 Å². The minimum absolute atomic E-state index is 0. The van der Waals surface area contributed by atoms with Crippen molar-refractivity contribution in [1.29, 1.82) is 0 Å². The third-order valence-electron chi connectivity index (χ3n) is 10.3. The van der Waals surface area contributed by atoms with Gasteiger partial charge in [0.2, 0.25) is 0 Å². The van der Waals surface area contributed by atoms with Crippen molar-refractivity contribution in [3.05, 3.63) is 6.42 Å². The van der Waals surface area contributed by atoms with E-state index in [-0.39, 0.29) is 96.1 Å². The summed E-state index contributed by atoms with van der Waals surface area (Å²) in [7, 11) is -4.35. The maximum absolute atomic E-state index is 11.9. The van der Waals surface area contributed by atoms with Crippen LogP contribution in [0.4, 0.5) is 0 Å². The second kappa shape index (κ2) is 15.8. The van der Waals surface area contributed by atoms with Crippen molar-refractivity contribution in [1.82, 2.24) is 0 Å². The summed E-state index contributed by atoms with van der Waals surface area (Å²) in [6.07, 6.45) is 11.6. The van der Waals surface area contributed by atoms with Crippen LogP contribution in [0.1, 0.15) is 83.5 Å². The van der Waals surface area contributed by atoms with E-state index in [0.717, 1.165) is 44.9 Å². The maximum Gasteiger partial charge on any atom is 1.00 e. The first-order valence-corrected chi connectivity index (χ1v) is 16.3. The topological polar surface area (TPSA) is 167 Å². The Morgan fingerprint density at radius 1 is 0.725 bits per heavy atom. The van der Waals surface area contributed by atoms with Gasteiger partial charge in [-0.1, -0.05) is 44.9 Å². The molecule has 5 fully saturated rings. The largest absolute Gasteiger partial charge is 1.00 e. The third-order valence-corrected chi connectivity index (χ3v) is 11.7. The first-order chi connectivity index (χ1) is 18.3. The maximum atomic E-state index is 11.9. The summed E-state index contributed by atoms with van der Waals surface area (Å²) < 4.78 is 35.6. The second-order valence-corrected chi connectivity index (χ2v) is 14.1. The molecule has 0 spiro atoms. The molecule has 0 aromatic rings. The Hall–Kier alpha value is 0.990. The van der Waals surface area contributed by atoms with Crippen LogP contribution in [-0.4, -0.2) is 76.5 Å². The van der Waals surface area contributed by atoms with Gasteiger partial charge in [-0.15, -0.1) is 0 Å². The molecule has 13 heteroatoms. The van der Waals surface area contributed by atoms with E-state index in [2.05, 4.69) is 26.9 Å². The van der Waals surface area contributed by atoms with E-state index in [1.165, 1.54) is 19.3 Å². The van der Waals surface area contributed by atoms with E-state index in [1.54, 1.807) is 0 Å². The monoisotopic (exact) mass is 598 g/mol.